The number of hydrogen-bond donors (Lipinski definition) is 0. The molecule has 0 bridgehead atoms. The molecule has 0 aliphatic heterocycles. The molecule has 124 valence electrons. The van der Waals surface area contributed by atoms with Crippen LogP contribution < -0.4 is 9.64 Å². The summed E-state index contributed by atoms with van der Waals surface area (Å²) in [6, 6.07) is 5.49. The summed E-state index contributed by atoms with van der Waals surface area (Å²) in [4.78, 5) is 13.9. The zero-order valence-electron chi connectivity index (χ0n) is 13.1. The molecular weight excluding hydrogens is 295 g/mol. The van der Waals surface area contributed by atoms with Gasteiger partial charge in [0.15, 0.2) is 0 Å². The Morgan fingerprint density at radius 1 is 1.27 bits per heavy atom. The molecule has 0 fully saturated rings. The van der Waals surface area contributed by atoms with Gasteiger partial charge in [-0.15, -0.1) is 13.2 Å². The number of benzene rings is 1. The zero-order valence-corrected chi connectivity index (χ0v) is 13.1. The molecule has 1 aromatic carbocycles. The Labute approximate surface area is 129 Å². The van der Waals surface area contributed by atoms with E-state index in [-0.39, 0.29) is 17.7 Å². The molecule has 0 saturated heterocycles. The maximum absolute atomic E-state index is 12.3. The monoisotopic (exact) mass is 317 g/mol. The molecule has 0 heterocycles. The summed E-state index contributed by atoms with van der Waals surface area (Å²) in [5.41, 5.74) is 0.432. The molecule has 0 aromatic heterocycles. The average molecular weight is 317 g/mol. The van der Waals surface area contributed by atoms with E-state index in [0.29, 0.717) is 18.5 Å². The van der Waals surface area contributed by atoms with Crippen LogP contribution in [0, 0.1) is 0 Å². The zero-order chi connectivity index (χ0) is 16.8. The van der Waals surface area contributed by atoms with Gasteiger partial charge in [-0.25, -0.2) is 0 Å². The molecule has 0 N–H and O–H groups in total. The summed E-state index contributed by atoms with van der Waals surface area (Å²) >= 11 is 0. The maximum Gasteiger partial charge on any atom is 0.573 e. The number of amides is 1. The number of nitrogens with zero attached hydrogens (tertiary/aromatic N) is 1. The van der Waals surface area contributed by atoms with E-state index in [9.17, 15) is 18.0 Å². The van der Waals surface area contributed by atoms with Crippen molar-refractivity contribution in [3.05, 3.63) is 24.3 Å². The predicted octanol–water partition coefficient (Wildman–Crippen LogP) is 4.91. The smallest absolute Gasteiger partial charge is 0.406 e. The Hall–Kier alpha value is -1.72. The van der Waals surface area contributed by atoms with E-state index in [1.54, 1.807) is 11.0 Å². The van der Waals surface area contributed by atoms with Gasteiger partial charge in [0.2, 0.25) is 5.91 Å². The van der Waals surface area contributed by atoms with Crippen LogP contribution in [-0.4, -0.2) is 18.3 Å². The molecule has 0 aliphatic carbocycles. The topological polar surface area (TPSA) is 29.5 Å². The first-order valence-corrected chi connectivity index (χ1v) is 7.46. The number of hydrogen-bond acceptors (Lipinski definition) is 2. The van der Waals surface area contributed by atoms with E-state index in [1.807, 2.05) is 20.8 Å². The number of anilines is 1. The van der Waals surface area contributed by atoms with Crippen LogP contribution in [0.3, 0.4) is 0 Å². The molecule has 22 heavy (non-hydrogen) atoms. The number of ether oxygens (including phenoxy) is 1. The fourth-order valence-corrected chi connectivity index (χ4v) is 2.36. The molecule has 3 nitrogen and oxygen atoms in total. The molecule has 1 amide bonds. The van der Waals surface area contributed by atoms with Crippen molar-refractivity contribution in [2.24, 2.45) is 0 Å². The molecule has 1 rings (SSSR count). The van der Waals surface area contributed by atoms with Gasteiger partial charge in [-0.3, -0.25) is 4.79 Å². The summed E-state index contributed by atoms with van der Waals surface area (Å²) in [6.07, 6.45) is -2.03. The van der Waals surface area contributed by atoms with Crippen LogP contribution in [0.25, 0.3) is 0 Å². The lowest BCUT2D eigenvalue weighted by Crippen LogP contribution is -2.38. The van der Waals surface area contributed by atoms with Gasteiger partial charge in [0, 0.05) is 24.2 Å². The van der Waals surface area contributed by atoms with Crippen LogP contribution in [0.5, 0.6) is 5.75 Å². The highest BCUT2D eigenvalue weighted by Gasteiger charge is 2.31. The van der Waals surface area contributed by atoms with E-state index >= 15 is 0 Å². The van der Waals surface area contributed by atoms with E-state index < -0.39 is 6.36 Å². The Morgan fingerprint density at radius 3 is 2.50 bits per heavy atom. The third kappa shape index (κ3) is 5.58. The third-order valence-corrected chi connectivity index (χ3v) is 3.21. The molecule has 0 saturated carbocycles. The highest BCUT2D eigenvalue weighted by molar-refractivity contribution is 5.94. The average Bonchev–Trinajstić information content (AvgIpc) is 2.38. The number of rotatable bonds is 7. The van der Waals surface area contributed by atoms with Crippen molar-refractivity contribution in [2.75, 3.05) is 4.90 Å². The summed E-state index contributed by atoms with van der Waals surface area (Å²) in [7, 11) is 0. The highest BCUT2D eigenvalue weighted by Crippen LogP contribution is 2.29. The normalized spacial score (nSPS) is 12.8. The lowest BCUT2D eigenvalue weighted by Gasteiger charge is -2.29. The Balaban J connectivity index is 3.08. The third-order valence-electron chi connectivity index (χ3n) is 3.21. The molecule has 1 aromatic rings. The van der Waals surface area contributed by atoms with Gasteiger partial charge in [0.25, 0.3) is 0 Å². The van der Waals surface area contributed by atoms with Crippen molar-refractivity contribution >= 4 is 11.6 Å². The van der Waals surface area contributed by atoms with Crippen molar-refractivity contribution in [2.45, 2.75) is 58.9 Å². The van der Waals surface area contributed by atoms with Crippen molar-refractivity contribution in [1.29, 1.82) is 0 Å². The van der Waals surface area contributed by atoms with Gasteiger partial charge in [-0.05, 0) is 31.9 Å². The summed E-state index contributed by atoms with van der Waals surface area (Å²) in [6.45, 7) is 5.79. The van der Waals surface area contributed by atoms with Crippen LogP contribution in [0.1, 0.15) is 46.5 Å². The molecule has 1 atom stereocenters. The minimum absolute atomic E-state index is 0.0785. The van der Waals surface area contributed by atoms with Gasteiger partial charge in [-0.2, -0.15) is 0 Å². The van der Waals surface area contributed by atoms with Gasteiger partial charge in [0.05, 0.1) is 0 Å². The SMILES string of the molecule is CCCC(=O)N(c1cccc(OC(F)(F)F)c1)C(C)CCC. The van der Waals surface area contributed by atoms with Gasteiger partial charge < -0.3 is 9.64 Å². The van der Waals surface area contributed by atoms with E-state index in [2.05, 4.69) is 4.74 Å². The molecule has 0 aliphatic rings. The maximum atomic E-state index is 12.3. The Morgan fingerprint density at radius 2 is 1.95 bits per heavy atom. The van der Waals surface area contributed by atoms with Crippen LogP contribution in [-0.2, 0) is 4.79 Å². The van der Waals surface area contributed by atoms with Crippen molar-refractivity contribution in [3.8, 4) is 5.75 Å². The minimum Gasteiger partial charge on any atom is -0.406 e. The van der Waals surface area contributed by atoms with Crippen LogP contribution >= 0.6 is 0 Å². The highest BCUT2D eigenvalue weighted by atomic mass is 19.4. The first-order chi connectivity index (χ1) is 10.3. The quantitative estimate of drug-likeness (QED) is 0.715. The van der Waals surface area contributed by atoms with Crippen LogP contribution in [0.4, 0.5) is 18.9 Å². The molecule has 6 heteroatoms. The fourth-order valence-electron chi connectivity index (χ4n) is 2.36. The first-order valence-electron chi connectivity index (χ1n) is 7.46. The molecule has 0 radical (unpaired) electrons. The number of carbonyl (C=O) groups is 1. The van der Waals surface area contributed by atoms with E-state index in [0.717, 1.165) is 12.8 Å². The second-order valence-electron chi connectivity index (χ2n) is 5.20. The second kappa shape index (κ2) is 8.06. The summed E-state index contributed by atoms with van der Waals surface area (Å²) < 4.78 is 40.9. The second-order valence-corrected chi connectivity index (χ2v) is 5.20. The van der Waals surface area contributed by atoms with Gasteiger partial charge in [0.1, 0.15) is 5.75 Å². The largest absolute Gasteiger partial charge is 0.573 e. The van der Waals surface area contributed by atoms with Gasteiger partial charge >= 0.3 is 6.36 Å². The molecular formula is C16H22F3NO2. The van der Waals surface area contributed by atoms with Crippen LogP contribution in [0.15, 0.2) is 24.3 Å². The van der Waals surface area contributed by atoms with Crippen molar-refractivity contribution in [3.63, 3.8) is 0 Å². The van der Waals surface area contributed by atoms with Crippen LogP contribution in [0.2, 0.25) is 0 Å². The van der Waals surface area contributed by atoms with Crippen molar-refractivity contribution in [1.82, 2.24) is 0 Å². The first kappa shape index (κ1) is 18.3. The minimum atomic E-state index is -4.74. The molecule has 1 unspecified atom stereocenters. The lowest BCUT2D eigenvalue weighted by atomic mass is 10.1. The summed E-state index contributed by atoms with van der Waals surface area (Å²) in [5, 5.41) is 0. The lowest BCUT2D eigenvalue weighted by molar-refractivity contribution is -0.274. The number of alkyl halides is 3. The number of carbonyl (C=O) groups excluding carboxylic acids is 1. The predicted molar refractivity (Wildman–Crippen MR) is 79.9 cm³/mol. The fraction of sp³-hybridized carbons (Fsp3) is 0.562. The molecule has 0 spiro atoms. The van der Waals surface area contributed by atoms with E-state index in [1.165, 1.54) is 18.2 Å². The Kier molecular flexibility index (Phi) is 6.71. The number of halogens is 3. The standard InChI is InChI=1S/C16H22F3NO2/c1-4-7-12(3)20(15(21)8-5-2)13-9-6-10-14(11-13)22-16(17,18)19/h6,9-12H,4-5,7-8H2,1-3H3. The summed E-state index contributed by atoms with van der Waals surface area (Å²) in [5.74, 6) is -0.407. The van der Waals surface area contributed by atoms with Crippen molar-refractivity contribution < 1.29 is 22.7 Å². The Bertz CT molecular complexity index is 489. The van der Waals surface area contributed by atoms with E-state index in [4.69, 9.17) is 0 Å². The van der Waals surface area contributed by atoms with Gasteiger partial charge in [-0.1, -0.05) is 26.3 Å².